The van der Waals surface area contributed by atoms with Crippen LogP contribution in [0.2, 0.25) is 0 Å². The van der Waals surface area contributed by atoms with Crippen molar-refractivity contribution in [1.29, 1.82) is 0 Å². The van der Waals surface area contributed by atoms with Crippen LogP contribution in [0.5, 0.6) is 0 Å². The number of aromatic nitrogens is 4. The van der Waals surface area contributed by atoms with Crippen molar-refractivity contribution >= 4 is 29.2 Å². The summed E-state index contributed by atoms with van der Waals surface area (Å²) in [6.45, 7) is 2.39. The number of tetrazole rings is 1. The molecule has 3 fully saturated rings. The van der Waals surface area contributed by atoms with Gasteiger partial charge in [-0.05, 0) is 53.3 Å². The Bertz CT molecular complexity index is 1070. The molecule has 2 aliphatic heterocycles. The van der Waals surface area contributed by atoms with Crippen LogP contribution in [0.3, 0.4) is 0 Å². The average Bonchev–Trinajstić information content (AvgIpc) is 3.58. The van der Waals surface area contributed by atoms with Crippen molar-refractivity contribution in [2.75, 3.05) is 13.2 Å². The second kappa shape index (κ2) is 9.42. The first-order chi connectivity index (χ1) is 16.4. The Morgan fingerprint density at radius 3 is 2.76 bits per heavy atom. The van der Waals surface area contributed by atoms with Crippen LogP contribution in [0.25, 0.3) is 5.69 Å². The van der Waals surface area contributed by atoms with Gasteiger partial charge in [-0.25, -0.2) is 4.68 Å². The van der Waals surface area contributed by atoms with Crippen molar-refractivity contribution in [3.8, 4) is 5.69 Å². The molecule has 1 N–H and O–H groups in total. The number of benzene rings is 1. The van der Waals surface area contributed by atoms with Gasteiger partial charge in [-0.15, -0.1) is 16.7 Å². The second-order valence-corrected chi connectivity index (χ2v) is 10.0. The van der Waals surface area contributed by atoms with Gasteiger partial charge in [0, 0.05) is 12.1 Å². The predicted octanol–water partition coefficient (Wildman–Crippen LogP) is 1.37. The molecule has 0 bridgehead atoms. The molecular weight excluding hydrogens is 460 g/mol. The van der Waals surface area contributed by atoms with Crippen LogP contribution in [0.15, 0.2) is 30.6 Å². The summed E-state index contributed by atoms with van der Waals surface area (Å²) in [4.78, 5) is 41.1. The first kappa shape index (κ1) is 22.9. The van der Waals surface area contributed by atoms with Crippen LogP contribution >= 0.6 is 11.6 Å². The lowest BCUT2D eigenvalue weighted by atomic mass is 9.78. The molecule has 1 aromatic heterocycles. The number of halogens is 1. The van der Waals surface area contributed by atoms with Crippen molar-refractivity contribution in [2.45, 2.75) is 56.2 Å². The van der Waals surface area contributed by atoms with E-state index in [4.69, 9.17) is 16.3 Å². The highest BCUT2D eigenvalue weighted by molar-refractivity contribution is 6.22. The van der Waals surface area contributed by atoms with Crippen molar-refractivity contribution in [3.05, 3.63) is 36.2 Å². The molecular formula is C23H27ClN6O4. The molecule has 1 aromatic carbocycles. The summed E-state index contributed by atoms with van der Waals surface area (Å²) in [7, 11) is 0. The second-order valence-electron chi connectivity index (χ2n) is 9.47. The maximum Gasteiger partial charge on any atom is 0.252 e. The Morgan fingerprint density at radius 1 is 1.24 bits per heavy atom. The van der Waals surface area contributed by atoms with E-state index < -0.39 is 23.6 Å². The van der Waals surface area contributed by atoms with Gasteiger partial charge in [0.2, 0.25) is 5.91 Å². The summed E-state index contributed by atoms with van der Waals surface area (Å²) in [5, 5.41) is 13.7. The van der Waals surface area contributed by atoms with E-state index in [-0.39, 0.29) is 36.7 Å². The molecule has 3 heterocycles. The SMILES string of the molecule is CC1CCC([C@H](NC(=O)c2cccc(-n3cnnn3)c2)C(=O)N2C[C@@H](Cl)[C@H]3OCC(=O)[C@H]32)CC1. The molecule has 2 aromatic rings. The van der Waals surface area contributed by atoms with Crippen molar-refractivity contribution < 1.29 is 19.1 Å². The first-order valence-corrected chi connectivity index (χ1v) is 12.1. The summed E-state index contributed by atoms with van der Waals surface area (Å²) < 4.78 is 7.00. The molecule has 4 atom stereocenters. The van der Waals surface area contributed by atoms with Crippen LogP contribution in [0.1, 0.15) is 43.0 Å². The van der Waals surface area contributed by atoms with E-state index in [1.54, 1.807) is 24.3 Å². The molecule has 0 unspecified atom stereocenters. The first-order valence-electron chi connectivity index (χ1n) is 11.7. The standard InChI is InChI=1S/C23H27ClN6O4/c1-13-5-7-14(8-6-13)19(23(33)29-10-17(24)21-20(29)18(31)11-34-21)26-22(32)15-3-2-4-16(9-15)30-12-25-27-28-30/h2-4,9,12-14,17,19-21H,5-8,10-11H2,1H3,(H,26,32)/t13?,14?,17-,19+,20-,21-/m1/s1. The number of amides is 2. The van der Waals surface area contributed by atoms with E-state index in [9.17, 15) is 14.4 Å². The summed E-state index contributed by atoms with van der Waals surface area (Å²) in [5.74, 6) is -0.192. The van der Waals surface area contributed by atoms with Crippen LogP contribution in [-0.2, 0) is 14.3 Å². The number of Topliss-reactive ketones (excluding diaryl/α,β-unsaturated/α-hetero) is 1. The number of ether oxygens (including phenoxy) is 1. The number of ketones is 1. The summed E-state index contributed by atoms with van der Waals surface area (Å²) in [6, 6.07) is 5.46. The van der Waals surface area contributed by atoms with Crippen molar-refractivity contribution in [3.63, 3.8) is 0 Å². The van der Waals surface area contributed by atoms with Gasteiger partial charge in [-0.2, -0.15) is 0 Å². The fraction of sp³-hybridized carbons (Fsp3) is 0.565. The minimum atomic E-state index is -0.743. The number of likely N-dealkylation sites (tertiary alicyclic amines) is 1. The van der Waals surface area contributed by atoms with E-state index in [1.807, 2.05) is 0 Å². The lowest BCUT2D eigenvalue weighted by molar-refractivity contribution is -0.139. The maximum absolute atomic E-state index is 13.8. The van der Waals surface area contributed by atoms with Crippen LogP contribution in [-0.4, -0.2) is 79.4 Å². The highest BCUT2D eigenvalue weighted by Gasteiger charge is 2.53. The Labute approximate surface area is 202 Å². The summed E-state index contributed by atoms with van der Waals surface area (Å²) in [6.07, 6.45) is 4.60. The third-order valence-electron chi connectivity index (χ3n) is 7.21. The van der Waals surface area contributed by atoms with E-state index in [1.165, 1.54) is 15.9 Å². The molecule has 180 valence electrons. The number of alkyl halides is 1. The zero-order valence-corrected chi connectivity index (χ0v) is 19.6. The zero-order valence-electron chi connectivity index (χ0n) is 18.8. The van der Waals surface area contributed by atoms with Gasteiger partial charge in [-0.3, -0.25) is 14.4 Å². The molecule has 0 spiro atoms. The number of hydrogen-bond donors (Lipinski definition) is 1. The lowest BCUT2D eigenvalue weighted by Gasteiger charge is -2.35. The number of fused-ring (bicyclic) bond motifs is 1. The minimum absolute atomic E-state index is 0.0133. The summed E-state index contributed by atoms with van der Waals surface area (Å²) >= 11 is 6.42. The fourth-order valence-electron chi connectivity index (χ4n) is 5.30. The summed E-state index contributed by atoms with van der Waals surface area (Å²) in [5.41, 5.74) is 1.03. The molecule has 10 nitrogen and oxygen atoms in total. The van der Waals surface area contributed by atoms with Crippen LogP contribution < -0.4 is 5.32 Å². The molecule has 2 amide bonds. The van der Waals surface area contributed by atoms with Crippen LogP contribution in [0, 0.1) is 11.8 Å². The zero-order chi connectivity index (χ0) is 23.8. The minimum Gasteiger partial charge on any atom is -0.366 e. The average molecular weight is 487 g/mol. The number of hydrogen-bond acceptors (Lipinski definition) is 7. The number of nitrogens with one attached hydrogen (secondary N) is 1. The Morgan fingerprint density at radius 2 is 2.03 bits per heavy atom. The number of carbonyl (C=O) groups is 3. The third kappa shape index (κ3) is 4.32. The van der Waals surface area contributed by atoms with Crippen molar-refractivity contribution in [1.82, 2.24) is 30.4 Å². The molecule has 1 aliphatic carbocycles. The highest BCUT2D eigenvalue weighted by atomic mass is 35.5. The number of carbonyl (C=O) groups excluding carboxylic acids is 3. The molecule has 11 heteroatoms. The van der Waals surface area contributed by atoms with E-state index >= 15 is 0 Å². The molecule has 1 saturated carbocycles. The fourth-order valence-corrected chi connectivity index (χ4v) is 5.66. The molecule has 3 aliphatic rings. The Hall–Kier alpha value is -2.85. The number of nitrogens with zero attached hydrogens (tertiary/aromatic N) is 5. The van der Waals surface area contributed by atoms with E-state index in [0.29, 0.717) is 17.2 Å². The van der Waals surface area contributed by atoms with Crippen molar-refractivity contribution in [2.24, 2.45) is 11.8 Å². The highest BCUT2D eigenvalue weighted by Crippen LogP contribution is 2.35. The smallest absolute Gasteiger partial charge is 0.252 e. The van der Waals surface area contributed by atoms with Gasteiger partial charge in [-0.1, -0.05) is 25.8 Å². The molecule has 34 heavy (non-hydrogen) atoms. The van der Waals surface area contributed by atoms with Gasteiger partial charge >= 0.3 is 0 Å². The Kier molecular flexibility index (Phi) is 6.35. The van der Waals surface area contributed by atoms with Gasteiger partial charge in [0.15, 0.2) is 5.78 Å². The molecule has 0 radical (unpaired) electrons. The predicted molar refractivity (Wildman–Crippen MR) is 121 cm³/mol. The van der Waals surface area contributed by atoms with Gasteiger partial charge in [0.1, 0.15) is 31.1 Å². The quantitative estimate of drug-likeness (QED) is 0.634. The maximum atomic E-state index is 13.8. The van der Waals surface area contributed by atoms with E-state index in [2.05, 4.69) is 27.8 Å². The topological polar surface area (TPSA) is 119 Å². The van der Waals surface area contributed by atoms with Crippen LogP contribution in [0.4, 0.5) is 0 Å². The normalized spacial score (nSPS) is 29.6. The van der Waals surface area contributed by atoms with Gasteiger partial charge in [0.25, 0.3) is 5.91 Å². The lowest BCUT2D eigenvalue weighted by Crippen LogP contribution is -2.55. The third-order valence-corrected chi connectivity index (χ3v) is 7.60. The largest absolute Gasteiger partial charge is 0.366 e. The Balaban J connectivity index is 1.39. The molecule has 5 rings (SSSR count). The molecule has 2 saturated heterocycles. The van der Waals surface area contributed by atoms with Gasteiger partial charge < -0.3 is 15.0 Å². The monoisotopic (exact) mass is 486 g/mol. The van der Waals surface area contributed by atoms with E-state index in [0.717, 1.165) is 25.7 Å². The number of rotatable bonds is 5. The van der Waals surface area contributed by atoms with Gasteiger partial charge in [0.05, 0.1) is 11.1 Å².